The number of esters is 1. The smallest absolute Gasteiger partial charge is 0.338 e. The Morgan fingerprint density at radius 2 is 1.89 bits per heavy atom. The third-order valence-electron chi connectivity index (χ3n) is 6.92. The number of carbonyl (C=O) groups is 2. The van der Waals surface area contributed by atoms with Crippen molar-refractivity contribution in [1.82, 2.24) is 20.6 Å². The highest BCUT2D eigenvalue weighted by molar-refractivity contribution is 7.80. The Morgan fingerprint density at radius 1 is 1.11 bits per heavy atom. The van der Waals surface area contributed by atoms with Gasteiger partial charge in [0.2, 0.25) is 0 Å². The molecule has 44 heavy (non-hydrogen) atoms. The van der Waals surface area contributed by atoms with Crippen LogP contribution in [0.25, 0.3) is 10.9 Å². The van der Waals surface area contributed by atoms with Crippen molar-refractivity contribution in [3.8, 4) is 5.75 Å². The quantitative estimate of drug-likeness (QED) is 0.0852. The fourth-order valence-electron chi connectivity index (χ4n) is 4.95. The Kier molecular flexibility index (Phi) is 9.84. The lowest BCUT2D eigenvalue weighted by atomic mass is 9.95. The van der Waals surface area contributed by atoms with Crippen LogP contribution in [-0.2, 0) is 20.9 Å². The summed E-state index contributed by atoms with van der Waals surface area (Å²) >= 11 is 17.8. The third-order valence-corrected chi connectivity index (χ3v) is 7.73. The van der Waals surface area contributed by atoms with Gasteiger partial charge in [0.25, 0.3) is 5.91 Å². The van der Waals surface area contributed by atoms with Crippen molar-refractivity contribution in [1.29, 1.82) is 0 Å². The van der Waals surface area contributed by atoms with Gasteiger partial charge in [-0.1, -0.05) is 65.7 Å². The number of hydrazone groups is 1. The number of amides is 1. The minimum atomic E-state index is -0.625. The Morgan fingerprint density at radius 3 is 2.68 bits per heavy atom. The summed E-state index contributed by atoms with van der Waals surface area (Å²) < 4.78 is 13.2. The van der Waals surface area contributed by atoms with E-state index in [0.717, 1.165) is 22.0 Å². The molecule has 0 aliphatic carbocycles. The van der Waals surface area contributed by atoms with Crippen LogP contribution >= 0.6 is 35.4 Å². The summed E-state index contributed by atoms with van der Waals surface area (Å²) in [6, 6.07) is 19.8. The molecule has 0 spiro atoms. The molecule has 3 aromatic carbocycles. The summed E-state index contributed by atoms with van der Waals surface area (Å²) in [6.45, 7) is 3.95. The molecular formula is C32H29Cl2N5O4S. The van der Waals surface area contributed by atoms with Crippen molar-refractivity contribution in [2.24, 2.45) is 5.10 Å². The van der Waals surface area contributed by atoms with Gasteiger partial charge in [0.1, 0.15) is 5.75 Å². The molecule has 5 rings (SSSR count). The number of aromatic nitrogens is 1. The van der Waals surface area contributed by atoms with Gasteiger partial charge < -0.3 is 24.7 Å². The number of benzene rings is 3. The van der Waals surface area contributed by atoms with Crippen molar-refractivity contribution < 1.29 is 19.1 Å². The number of rotatable bonds is 10. The van der Waals surface area contributed by atoms with E-state index < -0.39 is 17.9 Å². The van der Waals surface area contributed by atoms with Crippen LogP contribution in [0.3, 0.4) is 0 Å². The van der Waals surface area contributed by atoms with E-state index in [9.17, 15) is 9.59 Å². The number of nitrogens with zero attached hydrogens (tertiary/aromatic N) is 2. The molecule has 1 aliphatic rings. The molecule has 9 nitrogen and oxygen atoms in total. The zero-order chi connectivity index (χ0) is 31.2. The van der Waals surface area contributed by atoms with Gasteiger partial charge in [0.15, 0.2) is 11.7 Å². The molecule has 3 N–H and O–H groups in total. The molecule has 1 atom stereocenters. The fourth-order valence-corrected chi connectivity index (χ4v) is 5.69. The third kappa shape index (κ3) is 7.05. The van der Waals surface area contributed by atoms with Gasteiger partial charge >= 0.3 is 5.97 Å². The molecule has 0 saturated heterocycles. The van der Waals surface area contributed by atoms with Crippen LogP contribution in [0.4, 0.5) is 0 Å². The standard InChI is InChI=1S/C32H29Cl2N5O4S/c1-3-42-31(41)29-19(2)36-32(44)37-30(29)24-9-5-7-11-27(24)43-18-28(40)38-35-15-21-17-39(26-10-6-4-8-23(21)26)16-20-12-13-22(33)14-25(20)34/h4-15,17,30H,3,16,18H2,1-2H3,(H,38,40)(H2,36,37,44)/t30-/m1/s1. The molecule has 0 fully saturated rings. The molecular weight excluding hydrogens is 621 g/mol. The molecule has 0 saturated carbocycles. The maximum absolute atomic E-state index is 12.8. The van der Waals surface area contributed by atoms with Crippen LogP contribution in [0.2, 0.25) is 10.0 Å². The number of nitrogens with one attached hydrogen (secondary N) is 3. The monoisotopic (exact) mass is 649 g/mol. The van der Waals surface area contributed by atoms with Crippen LogP contribution in [0.5, 0.6) is 5.75 Å². The van der Waals surface area contributed by atoms with Crippen LogP contribution in [-0.4, -0.2) is 41.0 Å². The molecule has 0 radical (unpaired) electrons. The van der Waals surface area contributed by atoms with E-state index in [1.807, 2.05) is 48.7 Å². The Labute approximate surface area is 269 Å². The van der Waals surface area contributed by atoms with E-state index in [1.165, 1.54) is 0 Å². The highest BCUT2D eigenvalue weighted by Gasteiger charge is 2.32. The SMILES string of the molecule is CCOC(=O)C1=C(C)NC(=S)N[C@@H]1c1ccccc1OCC(=O)NN=Cc1cn(Cc2ccc(Cl)cc2Cl)c2ccccc12. The van der Waals surface area contributed by atoms with Gasteiger partial charge in [0, 0.05) is 50.5 Å². The molecule has 12 heteroatoms. The van der Waals surface area contributed by atoms with Crippen LogP contribution in [0.1, 0.15) is 36.6 Å². The lowest BCUT2D eigenvalue weighted by Gasteiger charge is -2.30. The summed E-state index contributed by atoms with van der Waals surface area (Å²) in [5, 5.41) is 12.7. The van der Waals surface area contributed by atoms with Gasteiger partial charge in [-0.15, -0.1) is 0 Å². The Hall–Kier alpha value is -4.38. The highest BCUT2D eigenvalue weighted by Crippen LogP contribution is 2.33. The minimum absolute atomic E-state index is 0.225. The second-order valence-corrected chi connectivity index (χ2v) is 11.1. The summed E-state index contributed by atoms with van der Waals surface area (Å²) in [4.78, 5) is 25.5. The molecule has 0 bridgehead atoms. The first-order valence-corrected chi connectivity index (χ1v) is 14.9. The normalized spacial score (nSPS) is 14.8. The zero-order valence-corrected chi connectivity index (χ0v) is 26.2. The fraction of sp³-hybridized carbons (Fsp3) is 0.188. The molecule has 4 aromatic rings. The second-order valence-electron chi connectivity index (χ2n) is 9.88. The Bertz CT molecular complexity index is 1800. The molecule has 2 heterocycles. The number of thiocarbonyl (C=S) groups is 1. The van der Waals surface area contributed by atoms with Gasteiger partial charge in [-0.3, -0.25) is 4.79 Å². The first-order chi connectivity index (χ1) is 21.2. The number of ether oxygens (including phenoxy) is 2. The van der Waals surface area contributed by atoms with Gasteiger partial charge in [-0.2, -0.15) is 5.10 Å². The van der Waals surface area contributed by atoms with Gasteiger partial charge in [0.05, 0.1) is 24.4 Å². The van der Waals surface area contributed by atoms with Crippen molar-refractivity contribution in [2.45, 2.75) is 26.4 Å². The first-order valence-electron chi connectivity index (χ1n) is 13.8. The average Bonchev–Trinajstić information content (AvgIpc) is 3.34. The minimum Gasteiger partial charge on any atom is -0.483 e. The van der Waals surface area contributed by atoms with E-state index in [-0.39, 0.29) is 13.2 Å². The molecule has 1 aliphatic heterocycles. The largest absolute Gasteiger partial charge is 0.483 e. The highest BCUT2D eigenvalue weighted by atomic mass is 35.5. The van der Waals surface area contributed by atoms with E-state index >= 15 is 0 Å². The first kappa shape index (κ1) is 31.1. The van der Waals surface area contributed by atoms with Crippen LogP contribution in [0.15, 0.2) is 89.3 Å². The van der Waals surface area contributed by atoms with E-state index in [2.05, 4.69) is 25.7 Å². The number of hydrogen-bond acceptors (Lipinski definition) is 6. The number of carbonyl (C=O) groups excluding carboxylic acids is 2. The maximum Gasteiger partial charge on any atom is 0.338 e. The number of halogens is 2. The van der Waals surface area contributed by atoms with E-state index in [0.29, 0.717) is 44.3 Å². The summed E-state index contributed by atoms with van der Waals surface area (Å²) in [5.41, 5.74) is 6.85. The lowest BCUT2D eigenvalue weighted by Crippen LogP contribution is -2.45. The predicted octanol–water partition coefficient (Wildman–Crippen LogP) is 5.88. The van der Waals surface area contributed by atoms with Crippen molar-refractivity contribution in [3.63, 3.8) is 0 Å². The number of hydrogen-bond donors (Lipinski definition) is 3. The van der Waals surface area contributed by atoms with E-state index in [4.69, 9.17) is 44.9 Å². The van der Waals surface area contributed by atoms with Crippen molar-refractivity contribution in [3.05, 3.63) is 111 Å². The molecule has 226 valence electrons. The van der Waals surface area contributed by atoms with Crippen molar-refractivity contribution >= 4 is 69.5 Å². The van der Waals surface area contributed by atoms with Gasteiger partial charge in [-0.25, -0.2) is 10.2 Å². The summed E-state index contributed by atoms with van der Waals surface area (Å²) in [5.74, 6) is -0.525. The van der Waals surface area contributed by atoms with E-state index in [1.54, 1.807) is 44.3 Å². The number of para-hydroxylation sites is 2. The summed E-state index contributed by atoms with van der Waals surface area (Å²) in [7, 11) is 0. The zero-order valence-electron chi connectivity index (χ0n) is 23.9. The van der Waals surface area contributed by atoms with Gasteiger partial charge in [-0.05, 0) is 55.9 Å². The molecule has 1 aromatic heterocycles. The lowest BCUT2D eigenvalue weighted by molar-refractivity contribution is -0.139. The molecule has 0 unspecified atom stereocenters. The number of fused-ring (bicyclic) bond motifs is 1. The van der Waals surface area contributed by atoms with Crippen molar-refractivity contribution in [2.75, 3.05) is 13.2 Å². The Balaban J connectivity index is 1.28. The predicted molar refractivity (Wildman–Crippen MR) is 176 cm³/mol. The van der Waals surface area contributed by atoms with Crippen LogP contribution in [0, 0.1) is 0 Å². The number of allylic oxidation sites excluding steroid dienone is 1. The average molecular weight is 651 g/mol. The van der Waals surface area contributed by atoms with Crippen LogP contribution < -0.4 is 20.8 Å². The summed E-state index contributed by atoms with van der Waals surface area (Å²) in [6.07, 6.45) is 3.54. The second kappa shape index (κ2) is 13.9. The topological polar surface area (TPSA) is 106 Å². The molecule has 1 amide bonds. The maximum atomic E-state index is 12.8.